The minimum absolute atomic E-state index is 0.208. The zero-order chi connectivity index (χ0) is 13.7. The average molecular weight is 262 g/mol. The Morgan fingerprint density at radius 3 is 2.58 bits per heavy atom. The van der Waals surface area contributed by atoms with Crippen molar-refractivity contribution in [2.24, 2.45) is 5.92 Å². The van der Waals surface area contributed by atoms with Crippen molar-refractivity contribution in [3.63, 3.8) is 0 Å². The maximum atomic E-state index is 12.1. The van der Waals surface area contributed by atoms with Crippen LogP contribution in [0, 0.1) is 5.92 Å². The van der Waals surface area contributed by atoms with Crippen molar-refractivity contribution >= 4 is 5.91 Å². The van der Waals surface area contributed by atoms with Gasteiger partial charge in [0.1, 0.15) is 5.75 Å². The molecule has 19 heavy (non-hydrogen) atoms. The van der Waals surface area contributed by atoms with Crippen LogP contribution in [0.4, 0.5) is 0 Å². The molecular formula is C15H22N2O2. The smallest absolute Gasteiger partial charge is 0.222 e. The number of amides is 1. The highest BCUT2D eigenvalue weighted by atomic mass is 16.3. The normalized spacial score (nSPS) is 16.3. The van der Waals surface area contributed by atoms with Crippen LogP contribution in [0.2, 0.25) is 0 Å². The van der Waals surface area contributed by atoms with E-state index in [4.69, 9.17) is 0 Å². The minimum Gasteiger partial charge on any atom is -0.508 e. The predicted octanol–water partition coefficient (Wildman–Crippen LogP) is 1.74. The Morgan fingerprint density at radius 2 is 1.95 bits per heavy atom. The first-order valence-corrected chi connectivity index (χ1v) is 6.88. The molecule has 104 valence electrons. The molecule has 1 aliphatic heterocycles. The molecule has 1 saturated heterocycles. The summed E-state index contributed by atoms with van der Waals surface area (Å²) in [6.45, 7) is 2.66. The third-order valence-electron chi connectivity index (χ3n) is 3.70. The van der Waals surface area contributed by atoms with Crippen molar-refractivity contribution in [1.29, 1.82) is 0 Å². The number of rotatable bonds is 4. The first kappa shape index (κ1) is 13.9. The average Bonchev–Trinajstić information content (AvgIpc) is 2.42. The molecule has 0 unspecified atom stereocenters. The van der Waals surface area contributed by atoms with Gasteiger partial charge >= 0.3 is 0 Å². The molecule has 4 heteroatoms. The molecule has 0 aromatic heterocycles. The third-order valence-corrected chi connectivity index (χ3v) is 3.70. The Balaban J connectivity index is 1.83. The van der Waals surface area contributed by atoms with E-state index in [9.17, 15) is 9.90 Å². The number of hydrogen-bond donors (Lipinski definition) is 2. The van der Waals surface area contributed by atoms with Crippen molar-refractivity contribution < 1.29 is 9.90 Å². The molecule has 2 N–H and O–H groups in total. The molecule has 1 amide bonds. The minimum atomic E-state index is 0.208. The lowest BCUT2D eigenvalue weighted by atomic mass is 9.94. The largest absolute Gasteiger partial charge is 0.508 e. The molecule has 2 rings (SSSR count). The number of carbonyl (C=O) groups excluding carboxylic acids is 1. The zero-order valence-corrected chi connectivity index (χ0v) is 11.4. The van der Waals surface area contributed by atoms with Gasteiger partial charge in [0.2, 0.25) is 5.91 Å². The van der Waals surface area contributed by atoms with Crippen molar-refractivity contribution in [2.75, 3.05) is 20.1 Å². The van der Waals surface area contributed by atoms with E-state index in [-0.39, 0.29) is 11.7 Å². The zero-order valence-electron chi connectivity index (χ0n) is 11.4. The van der Waals surface area contributed by atoms with Crippen LogP contribution in [-0.2, 0) is 11.3 Å². The summed E-state index contributed by atoms with van der Waals surface area (Å²) in [5, 5.41) is 12.5. The van der Waals surface area contributed by atoms with Crippen LogP contribution < -0.4 is 5.32 Å². The summed E-state index contributed by atoms with van der Waals surface area (Å²) in [6, 6.07) is 7.01. The SMILES string of the molecule is CN(Cc1ccc(O)cc1)C(=O)CC1CCNCC1. The lowest BCUT2D eigenvalue weighted by molar-refractivity contribution is -0.131. The summed E-state index contributed by atoms with van der Waals surface area (Å²) >= 11 is 0. The van der Waals surface area contributed by atoms with Gasteiger partial charge < -0.3 is 15.3 Å². The number of hydrogen-bond acceptors (Lipinski definition) is 3. The molecule has 4 nitrogen and oxygen atoms in total. The summed E-state index contributed by atoms with van der Waals surface area (Å²) in [6.07, 6.45) is 2.84. The lowest BCUT2D eigenvalue weighted by Crippen LogP contribution is -2.33. The van der Waals surface area contributed by atoms with E-state index in [1.165, 1.54) is 0 Å². The predicted molar refractivity (Wildman–Crippen MR) is 74.8 cm³/mol. The fourth-order valence-electron chi connectivity index (χ4n) is 2.45. The topological polar surface area (TPSA) is 52.6 Å². The first-order valence-electron chi connectivity index (χ1n) is 6.88. The maximum Gasteiger partial charge on any atom is 0.222 e. The highest BCUT2D eigenvalue weighted by molar-refractivity contribution is 5.76. The van der Waals surface area contributed by atoms with Gasteiger partial charge in [-0.25, -0.2) is 0 Å². The van der Waals surface area contributed by atoms with Crippen LogP contribution in [0.3, 0.4) is 0 Å². The molecule has 0 atom stereocenters. The van der Waals surface area contributed by atoms with Gasteiger partial charge in [0, 0.05) is 20.0 Å². The molecule has 0 spiro atoms. The number of piperidine rings is 1. The second kappa shape index (κ2) is 6.57. The first-order chi connectivity index (χ1) is 9.15. The monoisotopic (exact) mass is 262 g/mol. The van der Waals surface area contributed by atoms with Crippen molar-refractivity contribution in [2.45, 2.75) is 25.8 Å². The maximum absolute atomic E-state index is 12.1. The molecule has 0 radical (unpaired) electrons. The number of benzene rings is 1. The van der Waals surface area contributed by atoms with Crippen molar-refractivity contribution in [3.8, 4) is 5.75 Å². The van der Waals surface area contributed by atoms with Gasteiger partial charge in [0.15, 0.2) is 0 Å². The van der Waals surface area contributed by atoms with Crippen molar-refractivity contribution in [3.05, 3.63) is 29.8 Å². The van der Waals surface area contributed by atoms with Gasteiger partial charge in [-0.2, -0.15) is 0 Å². The number of phenols is 1. The molecule has 1 aliphatic rings. The second-order valence-electron chi connectivity index (χ2n) is 5.31. The second-order valence-corrected chi connectivity index (χ2v) is 5.31. The lowest BCUT2D eigenvalue weighted by Gasteiger charge is -2.25. The molecular weight excluding hydrogens is 240 g/mol. The highest BCUT2D eigenvalue weighted by Crippen LogP contribution is 2.18. The van der Waals surface area contributed by atoms with Crippen LogP contribution in [0.25, 0.3) is 0 Å². The molecule has 1 aromatic rings. The van der Waals surface area contributed by atoms with E-state index in [1.54, 1.807) is 17.0 Å². The summed E-state index contributed by atoms with van der Waals surface area (Å²) in [4.78, 5) is 13.9. The van der Waals surface area contributed by atoms with E-state index in [2.05, 4.69) is 5.32 Å². The Bertz CT molecular complexity index is 411. The van der Waals surface area contributed by atoms with Gasteiger partial charge in [-0.3, -0.25) is 4.79 Å². The van der Waals surface area contributed by atoms with E-state index >= 15 is 0 Å². The van der Waals surface area contributed by atoms with E-state index < -0.39 is 0 Å². The van der Waals surface area contributed by atoms with Crippen LogP contribution in [0.15, 0.2) is 24.3 Å². The molecule has 0 bridgehead atoms. The van der Waals surface area contributed by atoms with E-state index in [1.807, 2.05) is 19.2 Å². The van der Waals surface area contributed by atoms with Gasteiger partial charge in [-0.15, -0.1) is 0 Å². The Labute approximate surface area is 114 Å². The fourth-order valence-corrected chi connectivity index (χ4v) is 2.45. The Kier molecular flexibility index (Phi) is 4.80. The van der Waals surface area contributed by atoms with Gasteiger partial charge in [-0.05, 0) is 49.5 Å². The number of carbonyl (C=O) groups is 1. The summed E-state index contributed by atoms with van der Waals surface area (Å²) in [7, 11) is 1.84. The van der Waals surface area contributed by atoms with E-state index in [0.717, 1.165) is 31.5 Å². The van der Waals surface area contributed by atoms with Crippen LogP contribution in [0.5, 0.6) is 5.75 Å². The molecule has 0 saturated carbocycles. The standard InChI is InChI=1S/C15H22N2O2/c1-17(11-13-2-4-14(18)5-3-13)15(19)10-12-6-8-16-9-7-12/h2-5,12,16,18H,6-11H2,1H3. The van der Waals surface area contributed by atoms with Gasteiger partial charge in [0.05, 0.1) is 0 Å². The van der Waals surface area contributed by atoms with Gasteiger partial charge in [0.25, 0.3) is 0 Å². The van der Waals surface area contributed by atoms with Crippen LogP contribution in [0.1, 0.15) is 24.8 Å². The number of aromatic hydroxyl groups is 1. The number of nitrogens with zero attached hydrogens (tertiary/aromatic N) is 1. The van der Waals surface area contributed by atoms with Crippen molar-refractivity contribution in [1.82, 2.24) is 10.2 Å². The van der Waals surface area contributed by atoms with E-state index in [0.29, 0.717) is 18.9 Å². The Hall–Kier alpha value is -1.55. The molecule has 1 aromatic carbocycles. The highest BCUT2D eigenvalue weighted by Gasteiger charge is 2.19. The number of nitrogens with one attached hydrogen (secondary N) is 1. The summed E-state index contributed by atoms with van der Waals surface area (Å²) in [5.74, 6) is 0.989. The van der Waals surface area contributed by atoms with Crippen LogP contribution >= 0.6 is 0 Å². The molecule has 1 heterocycles. The summed E-state index contributed by atoms with van der Waals surface area (Å²) < 4.78 is 0. The third kappa shape index (κ3) is 4.24. The quantitative estimate of drug-likeness (QED) is 0.869. The summed E-state index contributed by atoms with van der Waals surface area (Å²) in [5.41, 5.74) is 1.04. The van der Waals surface area contributed by atoms with Gasteiger partial charge in [-0.1, -0.05) is 12.1 Å². The number of phenolic OH excluding ortho intramolecular Hbond substituents is 1. The fraction of sp³-hybridized carbons (Fsp3) is 0.533. The van der Waals surface area contributed by atoms with Crippen LogP contribution in [-0.4, -0.2) is 36.1 Å². The Morgan fingerprint density at radius 1 is 1.32 bits per heavy atom. The molecule has 0 aliphatic carbocycles. The molecule has 1 fully saturated rings.